The van der Waals surface area contributed by atoms with E-state index in [-0.39, 0.29) is 18.3 Å². The predicted molar refractivity (Wildman–Crippen MR) is 91.5 cm³/mol. The summed E-state index contributed by atoms with van der Waals surface area (Å²) in [5.41, 5.74) is 1.18. The number of alkyl halides is 2. The fourth-order valence-corrected chi connectivity index (χ4v) is 2.01. The van der Waals surface area contributed by atoms with E-state index in [0.717, 1.165) is 5.56 Å². The molecule has 2 aromatic carbocycles. The molecule has 26 heavy (non-hydrogen) atoms. The van der Waals surface area contributed by atoms with Gasteiger partial charge in [0.15, 0.2) is 6.61 Å². The first-order valence-corrected chi connectivity index (χ1v) is 7.67. The lowest BCUT2D eigenvalue weighted by Gasteiger charge is -2.07. The Morgan fingerprint density at radius 1 is 1.23 bits per heavy atom. The Morgan fingerprint density at radius 3 is 2.81 bits per heavy atom. The molecule has 0 radical (unpaired) electrons. The van der Waals surface area contributed by atoms with E-state index in [0.29, 0.717) is 17.9 Å². The molecule has 0 atom stereocenters. The number of oxime groups is 1. The summed E-state index contributed by atoms with van der Waals surface area (Å²) in [5, 5.41) is 6.27. The second-order valence-electron chi connectivity index (χ2n) is 5.05. The Bertz CT molecular complexity index is 753. The number of rotatable bonds is 9. The number of amides is 1. The number of halogens is 2. The summed E-state index contributed by atoms with van der Waals surface area (Å²) in [5.74, 6) is 0.293. The molecule has 138 valence electrons. The second-order valence-corrected chi connectivity index (χ2v) is 5.05. The van der Waals surface area contributed by atoms with Crippen LogP contribution in [0.2, 0.25) is 0 Å². The van der Waals surface area contributed by atoms with Crippen LogP contribution >= 0.6 is 0 Å². The zero-order chi connectivity index (χ0) is 18.8. The maximum atomic E-state index is 12.3. The molecule has 1 N–H and O–H groups in total. The smallest absolute Gasteiger partial charge is 0.387 e. The number of hydrogen-bond donors (Lipinski definition) is 1. The van der Waals surface area contributed by atoms with Crippen LogP contribution in [0.25, 0.3) is 0 Å². The van der Waals surface area contributed by atoms with Gasteiger partial charge in [-0.15, -0.1) is 0 Å². The number of methoxy groups -OCH3 is 1. The highest BCUT2D eigenvalue weighted by atomic mass is 19.3. The van der Waals surface area contributed by atoms with E-state index in [1.807, 2.05) is 12.1 Å². The number of benzene rings is 2. The SMILES string of the molecule is COc1cccc(CNC(=O)CO/N=C/c2ccccc2OC(F)F)c1. The fourth-order valence-electron chi connectivity index (χ4n) is 2.01. The highest BCUT2D eigenvalue weighted by Gasteiger charge is 2.07. The van der Waals surface area contributed by atoms with Crippen LogP contribution < -0.4 is 14.8 Å². The van der Waals surface area contributed by atoms with Crippen LogP contribution in [0.3, 0.4) is 0 Å². The van der Waals surface area contributed by atoms with Gasteiger partial charge in [-0.3, -0.25) is 4.79 Å². The topological polar surface area (TPSA) is 69.2 Å². The van der Waals surface area contributed by atoms with Gasteiger partial charge in [-0.05, 0) is 29.8 Å². The van der Waals surface area contributed by atoms with Gasteiger partial charge in [-0.25, -0.2) is 0 Å². The van der Waals surface area contributed by atoms with Crippen molar-refractivity contribution in [3.8, 4) is 11.5 Å². The van der Waals surface area contributed by atoms with Crippen molar-refractivity contribution < 1.29 is 27.9 Å². The standard InChI is InChI=1S/C18H18F2N2O4/c1-24-15-7-4-5-13(9-15)10-21-17(23)12-25-22-11-14-6-2-3-8-16(14)26-18(19)20/h2-9,11,18H,10,12H2,1H3,(H,21,23)/b22-11+. The summed E-state index contributed by atoms with van der Waals surface area (Å²) in [7, 11) is 1.56. The summed E-state index contributed by atoms with van der Waals surface area (Å²) >= 11 is 0. The van der Waals surface area contributed by atoms with Crippen molar-refractivity contribution in [2.45, 2.75) is 13.2 Å². The highest BCUT2D eigenvalue weighted by Crippen LogP contribution is 2.18. The van der Waals surface area contributed by atoms with Crippen molar-refractivity contribution in [3.05, 3.63) is 59.7 Å². The lowest BCUT2D eigenvalue weighted by Crippen LogP contribution is -2.26. The molecule has 0 saturated heterocycles. The largest absolute Gasteiger partial charge is 0.497 e. The van der Waals surface area contributed by atoms with Crippen LogP contribution in [0.4, 0.5) is 8.78 Å². The van der Waals surface area contributed by atoms with E-state index < -0.39 is 6.61 Å². The normalized spacial score (nSPS) is 10.8. The number of para-hydroxylation sites is 1. The van der Waals surface area contributed by atoms with Crippen molar-refractivity contribution in [1.82, 2.24) is 5.32 Å². The molecule has 0 bridgehead atoms. The Labute approximate surface area is 149 Å². The minimum Gasteiger partial charge on any atom is -0.497 e. The molecular formula is C18H18F2N2O4. The number of ether oxygens (including phenoxy) is 2. The quantitative estimate of drug-likeness (QED) is 0.549. The van der Waals surface area contributed by atoms with E-state index in [4.69, 9.17) is 9.57 Å². The van der Waals surface area contributed by atoms with Gasteiger partial charge in [0, 0.05) is 12.1 Å². The average molecular weight is 364 g/mol. The first-order chi connectivity index (χ1) is 12.6. The van der Waals surface area contributed by atoms with Gasteiger partial charge in [-0.1, -0.05) is 29.4 Å². The first kappa shape index (κ1) is 19.2. The summed E-state index contributed by atoms with van der Waals surface area (Å²) in [6, 6.07) is 13.4. The van der Waals surface area contributed by atoms with E-state index in [1.165, 1.54) is 18.3 Å². The van der Waals surface area contributed by atoms with Gasteiger partial charge in [0.2, 0.25) is 0 Å². The van der Waals surface area contributed by atoms with Crippen molar-refractivity contribution in [2.24, 2.45) is 5.16 Å². The van der Waals surface area contributed by atoms with E-state index in [1.54, 1.807) is 31.4 Å². The van der Waals surface area contributed by atoms with Gasteiger partial charge >= 0.3 is 6.61 Å². The predicted octanol–water partition coefficient (Wildman–Crippen LogP) is 2.96. The zero-order valence-corrected chi connectivity index (χ0v) is 14.0. The maximum absolute atomic E-state index is 12.3. The third-order valence-electron chi connectivity index (χ3n) is 3.22. The Balaban J connectivity index is 1.78. The van der Waals surface area contributed by atoms with Gasteiger partial charge in [0.05, 0.1) is 13.3 Å². The number of carbonyl (C=O) groups is 1. The van der Waals surface area contributed by atoms with Crippen molar-refractivity contribution in [2.75, 3.05) is 13.7 Å². The monoisotopic (exact) mass is 364 g/mol. The fraction of sp³-hybridized carbons (Fsp3) is 0.222. The molecule has 0 spiro atoms. The molecule has 8 heteroatoms. The van der Waals surface area contributed by atoms with Gasteiger partial charge < -0.3 is 19.6 Å². The maximum Gasteiger partial charge on any atom is 0.387 e. The third-order valence-corrected chi connectivity index (χ3v) is 3.22. The van der Waals surface area contributed by atoms with Crippen molar-refractivity contribution in [1.29, 1.82) is 0 Å². The molecular weight excluding hydrogens is 346 g/mol. The average Bonchev–Trinajstić information content (AvgIpc) is 2.64. The summed E-state index contributed by atoms with van der Waals surface area (Å²) < 4.78 is 34.1. The van der Waals surface area contributed by atoms with Gasteiger partial charge in [0.1, 0.15) is 11.5 Å². The van der Waals surface area contributed by atoms with Crippen LogP contribution in [-0.4, -0.2) is 32.4 Å². The van der Waals surface area contributed by atoms with Crippen molar-refractivity contribution in [3.63, 3.8) is 0 Å². The van der Waals surface area contributed by atoms with E-state index >= 15 is 0 Å². The summed E-state index contributed by atoms with van der Waals surface area (Å²) in [6.07, 6.45) is 1.20. The minimum absolute atomic E-state index is 0.0303. The highest BCUT2D eigenvalue weighted by molar-refractivity contribution is 5.83. The van der Waals surface area contributed by atoms with Gasteiger partial charge in [-0.2, -0.15) is 8.78 Å². The molecule has 0 saturated carbocycles. The van der Waals surface area contributed by atoms with Gasteiger partial charge in [0.25, 0.3) is 5.91 Å². The van der Waals surface area contributed by atoms with Crippen LogP contribution in [0.5, 0.6) is 11.5 Å². The van der Waals surface area contributed by atoms with Crippen LogP contribution in [0.1, 0.15) is 11.1 Å². The summed E-state index contributed by atoms with van der Waals surface area (Å²) in [4.78, 5) is 16.6. The molecule has 1 amide bonds. The zero-order valence-electron chi connectivity index (χ0n) is 14.0. The molecule has 0 heterocycles. The molecule has 2 aromatic rings. The van der Waals surface area contributed by atoms with E-state index in [2.05, 4.69) is 15.2 Å². The number of nitrogens with one attached hydrogen (secondary N) is 1. The number of hydrogen-bond acceptors (Lipinski definition) is 5. The lowest BCUT2D eigenvalue weighted by atomic mass is 10.2. The summed E-state index contributed by atoms with van der Waals surface area (Å²) in [6.45, 7) is -2.93. The molecule has 0 aliphatic rings. The van der Waals surface area contributed by atoms with Crippen molar-refractivity contribution >= 4 is 12.1 Å². The van der Waals surface area contributed by atoms with Crippen LogP contribution in [0.15, 0.2) is 53.7 Å². The van der Waals surface area contributed by atoms with Crippen LogP contribution in [0, 0.1) is 0 Å². The molecule has 0 fully saturated rings. The van der Waals surface area contributed by atoms with Crippen LogP contribution in [-0.2, 0) is 16.2 Å². The Hall–Kier alpha value is -3.16. The Morgan fingerprint density at radius 2 is 2.04 bits per heavy atom. The minimum atomic E-state index is -2.94. The first-order valence-electron chi connectivity index (χ1n) is 7.67. The molecule has 0 aromatic heterocycles. The third kappa shape index (κ3) is 6.39. The second kappa shape index (κ2) is 9.97. The molecule has 0 unspecified atom stereocenters. The number of carbonyl (C=O) groups excluding carboxylic acids is 1. The molecule has 2 rings (SSSR count). The molecule has 6 nitrogen and oxygen atoms in total. The number of nitrogens with zero attached hydrogens (tertiary/aromatic N) is 1. The lowest BCUT2D eigenvalue weighted by molar-refractivity contribution is -0.125. The molecule has 0 aliphatic heterocycles. The molecule has 0 aliphatic carbocycles. The van der Waals surface area contributed by atoms with E-state index in [9.17, 15) is 13.6 Å². The Kier molecular flexibility index (Phi) is 7.35.